The number of thioether (sulfide) groups is 1. The normalized spacial score (nSPS) is 11.6. The number of anilines is 1. The maximum absolute atomic E-state index is 13.7. The minimum absolute atomic E-state index is 0.0426. The van der Waals surface area contributed by atoms with Gasteiger partial charge < -0.3 is 24.5 Å². The monoisotopic (exact) mass is 629 g/mol. The minimum atomic E-state index is -0.780. The first kappa shape index (κ1) is 31.4. The van der Waals surface area contributed by atoms with Crippen LogP contribution >= 0.6 is 23.1 Å². The molecule has 1 aromatic carbocycles. The van der Waals surface area contributed by atoms with Crippen LogP contribution in [0.2, 0.25) is 0 Å². The van der Waals surface area contributed by atoms with Crippen LogP contribution in [0.3, 0.4) is 0 Å². The smallest absolute Gasteiger partial charge is 0.348 e. The second-order valence-electron chi connectivity index (χ2n) is 8.82. The molecule has 226 valence electrons. The first-order valence-corrected chi connectivity index (χ1v) is 14.8. The van der Waals surface area contributed by atoms with Crippen molar-refractivity contribution >= 4 is 51.9 Å². The number of amides is 2. The Morgan fingerprint density at radius 1 is 1.07 bits per heavy atom. The SMILES string of the molecule is CCOC(=O)c1sc(NC(=O)[C@H](C)Sc2nnc(CNC(=O)c3ccco3)n2-c2ccc(F)cc2)c(C(=O)OCC)c1C. The van der Waals surface area contributed by atoms with E-state index in [2.05, 4.69) is 20.8 Å². The van der Waals surface area contributed by atoms with E-state index in [9.17, 15) is 23.6 Å². The Kier molecular flexibility index (Phi) is 10.3. The van der Waals surface area contributed by atoms with Crippen LogP contribution < -0.4 is 10.6 Å². The van der Waals surface area contributed by atoms with Crippen LogP contribution in [-0.2, 0) is 20.8 Å². The number of thiophene rings is 1. The molecule has 3 heterocycles. The summed E-state index contributed by atoms with van der Waals surface area (Å²) in [5.41, 5.74) is 0.917. The fourth-order valence-electron chi connectivity index (χ4n) is 3.86. The quantitative estimate of drug-likeness (QED) is 0.165. The second-order valence-corrected chi connectivity index (χ2v) is 11.1. The van der Waals surface area contributed by atoms with Crippen LogP contribution in [0.25, 0.3) is 5.69 Å². The molecular formula is C28H28FN5O7S2. The Morgan fingerprint density at radius 3 is 2.42 bits per heavy atom. The predicted molar refractivity (Wildman–Crippen MR) is 156 cm³/mol. The summed E-state index contributed by atoms with van der Waals surface area (Å²) in [6.45, 7) is 6.72. The van der Waals surface area contributed by atoms with Gasteiger partial charge in [-0.1, -0.05) is 11.8 Å². The highest BCUT2D eigenvalue weighted by Gasteiger charge is 2.29. The molecule has 0 bridgehead atoms. The molecule has 15 heteroatoms. The number of hydrogen-bond acceptors (Lipinski definition) is 11. The van der Waals surface area contributed by atoms with E-state index in [4.69, 9.17) is 13.9 Å². The molecule has 4 aromatic rings. The van der Waals surface area contributed by atoms with E-state index in [0.29, 0.717) is 17.1 Å². The third-order valence-electron chi connectivity index (χ3n) is 5.91. The summed E-state index contributed by atoms with van der Waals surface area (Å²) in [6.07, 6.45) is 1.38. The van der Waals surface area contributed by atoms with E-state index in [1.165, 1.54) is 36.6 Å². The molecule has 0 aliphatic heterocycles. The summed E-state index contributed by atoms with van der Waals surface area (Å²) in [5.74, 6) is -2.27. The maximum Gasteiger partial charge on any atom is 0.348 e. The number of ether oxygens (including phenoxy) is 2. The van der Waals surface area contributed by atoms with Gasteiger partial charge in [0, 0.05) is 5.69 Å². The van der Waals surface area contributed by atoms with Crippen molar-refractivity contribution in [2.75, 3.05) is 18.5 Å². The van der Waals surface area contributed by atoms with Gasteiger partial charge in [0.1, 0.15) is 15.7 Å². The van der Waals surface area contributed by atoms with Gasteiger partial charge in [0.05, 0.1) is 36.8 Å². The van der Waals surface area contributed by atoms with Crippen LogP contribution in [0.15, 0.2) is 52.2 Å². The standard InChI is InChI=1S/C28H28FN5O7S2/c1-5-39-26(37)21-15(3)22(27(38)40-6-2)43-25(21)31-23(35)16(4)42-28-33-32-20(14-30-24(36)19-8-7-13-41-19)34(28)18-11-9-17(29)10-12-18/h7-13,16H,5-6,14H2,1-4H3,(H,30,36)(H,31,35)/t16-/m0/s1. The number of halogens is 1. The molecule has 0 spiro atoms. The van der Waals surface area contributed by atoms with Gasteiger partial charge in [-0.05, 0) is 69.7 Å². The first-order valence-electron chi connectivity index (χ1n) is 13.1. The van der Waals surface area contributed by atoms with Crippen molar-refractivity contribution in [3.63, 3.8) is 0 Å². The molecule has 2 amide bonds. The number of esters is 2. The largest absolute Gasteiger partial charge is 0.462 e. The molecular weight excluding hydrogens is 601 g/mol. The zero-order valence-electron chi connectivity index (χ0n) is 23.6. The van der Waals surface area contributed by atoms with Crippen molar-refractivity contribution < 1.29 is 37.5 Å². The van der Waals surface area contributed by atoms with E-state index in [0.717, 1.165) is 23.1 Å². The number of rotatable bonds is 12. The van der Waals surface area contributed by atoms with Crippen LogP contribution in [0.5, 0.6) is 0 Å². The van der Waals surface area contributed by atoms with Crippen molar-refractivity contribution in [3.05, 3.63) is 76.1 Å². The molecule has 0 radical (unpaired) electrons. The third-order valence-corrected chi connectivity index (χ3v) is 8.14. The number of carbonyl (C=O) groups is 4. The zero-order chi connectivity index (χ0) is 31.1. The van der Waals surface area contributed by atoms with E-state index in [1.54, 1.807) is 38.3 Å². The Balaban J connectivity index is 1.58. The lowest BCUT2D eigenvalue weighted by atomic mass is 10.1. The summed E-state index contributed by atoms with van der Waals surface area (Å²) < 4.78 is 30.7. The van der Waals surface area contributed by atoms with Gasteiger partial charge in [0.15, 0.2) is 16.7 Å². The number of aromatic nitrogens is 3. The summed E-state index contributed by atoms with van der Waals surface area (Å²) in [5, 5.41) is 13.5. The Labute approximate surface area is 254 Å². The zero-order valence-corrected chi connectivity index (χ0v) is 25.3. The highest BCUT2D eigenvalue weighted by molar-refractivity contribution is 8.00. The average molecular weight is 630 g/mol. The highest BCUT2D eigenvalue weighted by Crippen LogP contribution is 2.35. The molecule has 12 nitrogen and oxygen atoms in total. The average Bonchev–Trinajstić information content (AvgIpc) is 3.72. The Morgan fingerprint density at radius 2 is 1.77 bits per heavy atom. The Hall–Kier alpha value is -4.50. The van der Waals surface area contributed by atoms with E-state index >= 15 is 0 Å². The number of carbonyl (C=O) groups excluding carboxylic acids is 4. The Bertz CT molecular complexity index is 1620. The number of nitrogens with zero attached hydrogens (tertiary/aromatic N) is 3. The lowest BCUT2D eigenvalue weighted by Gasteiger charge is -2.14. The van der Waals surface area contributed by atoms with Gasteiger partial charge in [-0.25, -0.2) is 14.0 Å². The summed E-state index contributed by atoms with van der Waals surface area (Å²) in [6, 6.07) is 8.66. The second kappa shape index (κ2) is 14.1. The van der Waals surface area contributed by atoms with Crippen LogP contribution in [-0.4, -0.2) is 57.0 Å². The van der Waals surface area contributed by atoms with Crippen molar-refractivity contribution in [2.24, 2.45) is 0 Å². The molecule has 3 aromatic heterocycles. The molecule has 4 rings (SSSR count). The maximum atomic E-state index is 13.7. The van der Waals surface area contributed by atoms with Crippen LogP contribution in [0.1, 0.15) is 62.7 Å². The van der Waals surface area contributed by atoms with Gasteiger partial charge in [0.25, 0.3) is 5.91 Å². The molecule has 0 aliphatic carbocycles. The van der Waals surface area contributed by atoms with E-state index in [-0.39, 0.29) is 46.1 Å². The highest BCUT2D eigenvalue weighted by atomic mass is 32.2. The molecule has 43 heavy (non-hydrogen) atoms. The molecule has 0 aliphatic rings. The molecule has 0 saturated heterocycles. The van der Waals surface area contributed by atoms with E-state index < -0.39 is 34.8 Å². The first-order chi connectivity index (χ1) is 20.6. The van der Waals surface area contributed by atoms with Gasteiger partial charge in [0.2, 0.25) is 5.91 Å². The lowest BCUT2D eigenvalue weighted by Crippen LogP contribution is -2.25. The molecule has 2 N–H and O–H groups in total. The molecule has 0 unspecified atom stereocenters. The number of furan rings is 1. The van der Waals surface area contributed by atoms with Gasteiger partial charge >= 0.3 is 11.9 Å². The molecule has 0 saturated carbocycles. The fourth-order valence-corrected chi connectivity index (χ4v) is 5.84. The summed E-state index contributed by atoms with van der Waals surface area (Å²) in [4.78, 5) is 51.1. The van der Waals surface area contributed by atoms with Crippen molar-refractivity contribution in [1.29, 1.82) is 0 Å². The summed E-state index contributed by atoms with van der Waals surface area (Å²) in [7, 11) is 0. The van der Waals surface area contributed by atoms with Crippen LogP contribution in [0.4, 0.5) is 9.39 Å². The van der Waals surface area contributed by atoms with Crippen molar-refractivity contribution in [3.8, 4) is 5.69 Å². The number of benzene rings is 1. The van der Waals surface area contributed by atoms with Gasteiger partial charge in [-0.2, -0.15) is 0 Å². The number of hydrogen-bond donors (Lipinski definition) is 2. The molecule has 1 atom stereocenters. The number of nitrogens with one attached hydrogen (secondary N) is 2. The van der Waals surface area contributed by atoms with Crippen molar-refractivity contribution in [2.45, 2.75) is 44.6 Å². The van der Waals surface area contributed by atoms with Crippen molar-refractivity contribution in [1.82, 2.24) is 20.1 Å². The van der Waals surface area contributed by atoms with E-state index in [1.807, 2.05) is 0 Å². The summed E-state index contributed by atoms with van der Waals surface area (Å²) >= 11 is 1.97. The predicted octanol–water partition coefficient (Wildman–Crippen LogP) is 4.77. The topological polar surface area (TPSA) is 155 Å². The minimum Gasteiger partial charge on any atom is -0.462 e. The van der Waals surface area contributed by atoms with Gasteiger partial charge in [-0.15, -0.1) is 21.5 Å². The third kappa shape index (κ3) is 7.29. The van der Waals surface area contributed by atoms with Crippen LogP contribution in [0, 0.1) is 12.7 Å². The lowest BCUT2D eigenvalue weighted by molar-refractivity contribution is -0.115. The van der Waals surface area contributed by atoms with Gasteiger partial charge in [-0.3, -0.25) is 14.2 Å². The fraction of sp³-hybridized carbons (Fsp3) is 0.286. The molecule has 0 fully saturated rings.